The number of methoxy groups -OCH3 is 1. The van der Waals surface area contributed by atoms with Crippen LogP contribution < -0.4 is 10.1 Å². The van der Waals surface area contributed by atoms with Gasteiger partial charge in [0.2, 0.25) is 11.8 Å². The molecule has 1 aliphatic carbocycles. The van der Waals surface area contributed by atoms with Crippen molar-refractivity contribution in [3.63, 3.8) is 0 Å². The Hall–Kier alpha value is -2.90. The van der Waals surface area contributed by atoms with Crippen LogP contribution in [0.3, 0.4) is 0 Å². The second-order valence-electron chi connectivity index (χ2n) is 6.61. The number of nitrogens with one attached hydrogen (secondary N) is 1. The number of aryl methyl sites for hydroxylation is 1. The van der Waals surface area contributed by atoms with Crippen LogP contribution in [0.2, 0.25) is 0 Å². The molecule has 2 aromatic rings. The summed E-state index contributed by atoms with van der Waals surface area (Å²) in [7, 11) is 1.50. The third-order valence-corrected chi connectivity index (χ3v) is 4.47. The van der Waals surface area contributed by atoms with Gasteiger partial charge in [-0.25, -0.2) is 4.79 Å². The molecular weight excluding hydrogens is 350 g/mol. The van der Waals surface area contributed by atoms with Crippen LogP contribution in [0.25, 0.3) is 0 Å². The Morgan fingerprint density at radius 2 is 2.15 bits per heavy atom. The maximum atomic E-state index is 12.0. The lowest BCUT2D eigenvalue weighted by atomic mass is 10.1. The monoisotopic (exact) mass is 373 g/mol. The number of hydrogen-bond donors (Lipinski definition) is 2. The minimum absolute atomic E-state index is 0.0435. The molecule has 27 heavy (non-hydrogen) atoms. The first-order valence-corrected chi connectivity index (χ1v) is 9.06. The van der Waals surface area contributed by atoms with E-state index >= 15 is 0 Å². The molecule has 0 bridgehead atoms. The Balaban J connectivity index is 1.38. The zero-order valence-electron chi connectivity index (χ0n) is 15.2. The van der Waals surface area contributed by atoms with Crippen molar-refractivity contribution in [2.45, 2.75) is 44.4 Å². The van der Waals surface area contributed by atoms with Crippen LogP contribution in [0, 0.1) is 0 Å². The number of carbonyl (C=O) groups is 2. The van der Waals surface area contributed by atoms with Crippen LogP contribution in [0.1, 0.15) is 59.2 Å². The SMILES string of the molecule is COc1cc(C(=O)O)ccc1CCNC(=O)CCCc1nc(C2CC2)no1. The topological polar surface area (TPSA) is 115 Å². The molecule has 0 radical (unpaired) electrons. The first-order valence-electron chi connectivity index (χ1n) is 9.06. The number of ether oxygens (including phenoxy) is 1. The number of carboxylic acids is 1. The Labute approximate surface area is 156 Å². The third kappa shape index (κ3) is 5.29. The lowest BCUT2D eigenvalue weighted by Gasteiger charge is -2.10. The van der Waals surface area contributed by atoms with Crippen LogP contribution >= 0.6 is 0 Å². The molecule has 2 N–H and O–H groups in total. The molecule has 144 valence electrons. The molecule has 1 heterocycles. The highest BCUT2D eigenvalue weighted by molar-refractivity contribution is 5.88. The number of aromatic carboxylic acids is 1. The molecule has 1 aromatic heterocycles. The molecule has 0 unspecified atom stereocenters. The van der Waals surface area contributed by atoms with Gasteiger partial charge in [-0.15, -0.1) is 0 Å². The Morgan fingerprint density at radius 3 is 2.85 bits per heavy atom. The van der Waals surface area contributed by atoms with Gasteiger partial charge in [0.1, 0.15) is 5.75 Å². The molecule has 0 saturated heterocycles. The van der Waals surface area contributed by atoms with Crippen molar-refractivity contribution >= 4 is 11.9 Å². The number of rotatable bonds is 10. The van der Waals surface area contributed by atoms with Gasteiger partial charge in [-0.3, -0.25) is 4.79 Å². The highest BCUT2D eigenvalue weighted by Gasteiger charge is 2.28. The summed E-state index contributed by atoms with van der Waals surface area (Å²) in [5, 5.41) is 15.8. The van der Waals surface area contributed by atoms with Crippen molar-refractivity contribution in [2.75, 3.05) is 13.7 Å². The van der Waals surface area contributed by atoms with Crippen molar-refractivity contribution in [2.24, 2.45) is 0 Å². The standard InChI is InChI=1S/C19H23N3O5/c1-26-15-11-14(19(24)25)8-5-12(15)9-10-20-16(23)3-2-4-17-21-18(22-27-17)13-6-7-13/h5,8,11,13H,2-4,6-7,9-10H2,1H3,(H,20,23)(H,24,25). The molecule has 1 amide bonds. The second-order valence-corrected chi connectivity index (χ2v) is 6.61. The van der Waals surface area contributed by atoms with Gasteiger partial charge < -0.3 is 19.7 Å². The summed E-state index contributed by atoms with van der Waals surface area (Å²) in [5.74, 6) is 1.31. The number of carbonyl (C=O) groups excluding carboxylic acids is 1. The fraction of sp³-hybridized carbons (Fsp3) is 0.474. The summed E-state index contributed by atoms with van der Waals surface area (Å²) >= 11 is 0. The normalized spacial score (nSPS) is 13.4. The molecule has 0 atom stereocenters. The van der Waals surface area contributed by atoms with E-state index in [2.05, 4.69) is 15.5 Å². The largest absolute Gasteiger partial charge is 0.496 e. The number of carboxylic acid groups (broad SMARTS) is 1. The van der Waals surface area contributed by atoms with Crippen LogP contribution in [0.15, 0.2) is 22.7 Å². The van der Waals surface area contributed by atoms with Gasteiger partial charge in [-0.2, -0.15) is 4.98 Å². The van der Waals surface area contributed by atoms with Crippen molar-refractivity contribution in [1.29, 1.82) is 0 Å². The molecule has 8 nitrogen and oxygen atoms in total. The molecular formula is C19H23N3O5. The quantitative estimate of drug-likeness (QED) is 0.657. The van der Waals surface area contributed by atoms with E-state index < -0.39 is 5.97 Å². The van der Waals surface area contributed by atoms with E-state index in [4.69, 9.17) is 14.4 Å². The summed E-state index contributed by atoms with van der Waals surface area (Å²) in [6.45, 7) is 0.452. The summed E-state index contributed by atoms with van der Waals surface area (Å²) in [6, 6.07) is 4.73. The molecule has 1 aliphatic rings. The van der Waals surface area contributed by atoms with Gasteiger partial charge in [-0.1, -0.05) is 11.2 Å². The first kappa shape index (κ1) is 18.9. The van der Waals surface area contributed by atoms with Gasteiger partial charge in [0.05, 0.1) is 12.7 Å². The zero-order valence-corrected chi connectivity index (χ0v) is 15.2. The maximum absolute atomic E-state index is 12.0. The Bertz CT molecular complexity index is 813. The van der Waals surface area contributed by atoms with Crippen molar-refractivity contribution in [3.05, 3.63) is 41.0 Å². The summed E-state index contributed by atoms with van der Waals surface area (Å²) < 4.78 is 10.4. The molecule has 0 spiro atoms. The van der Waals surface area contributed by atoms with Gasteiger partial charge >= 0.3 is 5.97 Å². The summed E-state index contributed by atoms with van der Waals surface area (Å²) in [6.07, 6.45) is 4.45. The highest BCUT2D eigenvalue weighted by atomic mass is 16.5. The third-order valence-electron chi connectivity index (χ3n) is 4.47. The fourth-order valence-electron chi connectivity index (χ4n) is 2.79. The average molecular weight is 373 g/mol. The molecule has 1 aromatic carbocycles. The fourth-order valence-corrected chi connectivity index (χ4v) is 2.79. The Kier molecular flexibility index (Phi) is 6.05. The van der Waals surface area contributed by atoms with E-state index in [0.717, 1.165) is 24.2 Å². The van der Waals surface area contributed by atoms with Gasteiger partial charge in [-0.05, 0) is 43.4 Å². The molecule has 1 saturated carbocycles. The van der Waals surface area contributed by atoms with Gasteiger partial charge in [0.25, 0.3) is 0 Å². The highest BCUT2D eigenvalue weighted by Crippen LogP contribution is 2.38. The summed E-state index contributed by atoms with van der Waals surface area (Å²) in [5.41, 5.74) is 1.02. The molecule has 8 heteroatoms. The van der Waals surface area contributed by atoms with Crippen LogP contribution in [0.4, 0.5) is 0 Å². The van der Waals surface area contributed by atoms with Crippen molar-refractivity contribution < 1.29 is 24.0 Å². The predicted octanol–water partition coefficient (Wildman–Crippen LogP) is 2.34. The van der Waals surface area contributed by atoms with Gasteiger partial charge in [0, 0.05) is 25.3 Å². The number of benzene rings is 1. The lowest BCUT2D eigenvalue weighted by Crippen LogP contribution is -2.25. The van der Waals surface area contributed by atoms with E-state index in [1.807, 2.05) is 0 Å². The maximum Gasteiger partial charge on any atom is 0.335 e. The molecule has 0 aliphatic heterocycles. The summed E-state index contributed by atoms with van der Waals surface area (Å²) in [4.78, 5) is 27.3. The van der Waals surface area contributed by atoms with Gasteiger partial charge in [0.15, 0.2) is 5.82 Å². The number of nitrogens with zero attached hydrogens (tertiary/aromatic N) is 2. The minimum Gasteiger partial charge on any atom is -0.496 e. The van der Waals surface area contributed by atoms with Crippen molar-refractivity contribution in [3.8, 4) is 5.75 Å². The lowest BCUT2D eigenvalue weighted by molar-refractivity contribution is -0.121. The number of aromatic nitrogens is 2. The minimum atomic E-state index is -1.00. The van der Waals surface area contributed by atoms with Crippen LogP contribution in [-0.4, -0.2) is 40.8 Å². The molecule has 3 rings (SSSR count). The Morgan fingerprint density at radius 1 is 1.33 bits per heavy atom. The number of amides is 1. The van der Waals surface area contributed by atoms with E-state index in [9.17, 15) is 9.59 Å². The van der Waals surface area contributed by atoms with E-state index in [1.165, 1.54) is 19.2 Å². The zero-order chi connectivity index (χ0) is 19.2. The van der Waals surface area contributed by atoms with Crippen molar-refractivity contribution in [1.82, 2.24) is 15.5 Å². The van der Waals surface area contributed by atoms with E-state index in [-0.39, 0.29) is 11.5 Å². The van der Waals surface area contributed by atoms with Crippen LogP contribution in [-0.2, 0) is 17.6 Å². The van der Waals surface area contributed by atoms with Crippen LogP contribution in [0.5, 0.6) is 5.75 Å². The number of hydrogen-bond acceptors (Lipinski definition) is 6. The second kappa shape index (κ2) is 8.66. The van der Waals surface area contributed by atoms with E-state index in [1.54, 1.807) is 6.07 Å². The smallest absolute Gasteiger partial charge is 0.335 e. The first-order chi connectivity index (χ1) is 13.1. The average Bonchev–Trinajstić information content (AvgIpc) is 3.40. The predicted molar refractivity (Wildman–Crippen MR) is 95.9 cm³/mol. The van der Waals surface area contributed by atoms with E-state index in [0.29, 0.717) is 49.8 Å². The molecule has 1 fully saturated rings.